The first-order valence-electron chi connectivity index (χ1n) is 11.7. The maximum absolute atomic E-state index is 13.9. The second-order valence-corrected chi connectivity index (χ2v) is 9.12. The van der Waals surface area contributed by atoms with Gasteiger partial charge in [-0.05, 0) is 49.3 Å². The Bertz CT molecular complexity index is 1150. The third-order valence-electron chi connectivity index (χ3n) is 7.30. The zero-order chi connectivity index (χ0) is 23.2. The maximum atomic E-state index is 13.9. The Morgan fingerprint density at radius 1 is 1.15 bits per heavy atom. The molecule has 0 aromatic carbocycles. The summed E-state index contributed by atoms with van der Waals surface area (Å²) in [5.74, 6) is -1.46. The van der Waals surface area contributed by atoms with Crippen molar-refractivity contribution in [3.8, 4) is 0 Å². The molecule has 9 heteroatoms. The van der Waals surface area contributed by atoms with Gasteiger partial charge < -0.3 is 9.88 Å². The lowest BCUT2D eigenvalue weighted by molar-refractivity contribution is -0.222. The molecule has 33 heavy (non-hydrogen) atoms. The van der Waals surface area contributed by atoms with Gasteiger partial charge in [-0.25, -0.2) is 9.97 Å². The molecule has 0 bridgehead atoms. The number of pyridine rings is 2. The van der Waals surface area contributed by atoms with E-state index in [-0.39, 0.29) is 24.7 Å². The molecule has 2 fully saturated rings. The van der Waals surface area contributed by atoms with Crippen molar-refractivity contribution in [2.45, 2.75) is 57.3 Å². The van der Waals surface area contributed by atoms with E-state index in [1.165, 1.54) is 10.5 Å². The zero-order valence-electron chi connectivity index (χ0n) is 18.6. The molecule has 3 aromatic heterocycles. The van der Waals surface area contributed by atoms with Gasteiger partial charge >= 0.3 is 6.18 Å². The zero-order valence-corrected chi connectivity index (χ0v) is 18.6. The predicted octanol–water partition coefficient (Wildman–Crippen LogP) is 4.83. The molecule has 2 aliphatic heterocycles. The van der Waals surface area contributed by atoms with Gasteiger partial charge in [0.05, 0.1) is 23.8 Å². The number of rotatable bonds is 3. The minimum absolute atomic E-state index is 0.0791. The Morgan fingerprint density at radius 2 is 1.94 bits per heavy atom. The third-order valence-corrected chi connectivity index (χ3v) is 7.30. The average Bonchev–Trinajstić information content (AvgIpc) is 3.31. The summed E-state index contributed by atoms with van der Waals surface area (Å²) in [5.41, 5.74) is 2.81. The number of nitrogens with zero attached hydrogens (tertiary/aromatic N) is 4. The van der Waals surface area contributed by atoms with Crippen molar-refractivity contribution in [3.63, 3.8) is 0 Å². The van der Waals surface area contributed by atoms with Gasteiger partial charge in [-0.2, -0.15) is 13.2 Å². The van der Waals surface area contributed by atoms with E-state index in [0.29, 0.717) is 31.7 Å². The first kappa shape index (κ1) is 22.1. The number of likely N-dealkylation sites (tertiary alicyclic amines) is 2. The first-order chi connectivity index (χ1) is 15.9. The molecule has 176 valence electrons. The lowest BCUT2D eigenvalue weighted by atomic mass is 9.85. The van der Waals surface area contributed by atoms with Gasteiger partial charge in [0.25, 0.3) is 0 Å². The predicted molar refractivity (Wildman–Crippen MR) is 120 cm³/mol. The minimum Gasteiger partial charge on any atom is -0.360 e. The Hall–Kier alpha value is -2.68. The van der Waals surface area contributed by atoms with E-state index in [1.54, 1.807) is 19.3 Å². The van der Waals surface area contributed by atoms with E-state index < -0.39 is 18.3 Å². The number of hydrogen-bond acceptors (Lipinski definition) is 4. The molecule has 2 atom stereocenters. The van der Waals surface area contributed by atoms with E-state index in [2.05, 4.69) is 21.0 Å². The number of hydrogen-bond donors (Lipinski definition) is 1. The van der Waals surface area contributed by atoms with Gasteiger partial charge in [0, 0.05) is 49.2 Å². The quantitative estimate of drug-likeness (QED) is 0.610. The second-order valence-electron chi connectivity index (χ2n) is 9.12. The average molecular weight is 460 g/mol. The maximum Gasteiger partial charge on any atom is 0.395 e. The van der Waals surface area contributed by atoms with Gasteiger partial charge in [-0.3, -0.25) is 9.69 Å². The van der Waals surface area contributed by atoms with Crippen LogP contribution in [-0.4, -0.2) is 62.6 Å². The summed E-state index contributed by atoms with van der Waals surface area (Å²) in [5, 5.41) is 2.08. The van der Waals surface area contributed by atoms with E-state index >= 15 is 0 Å². The van der Waals surface area contributed by atoms with Crippen LogP contribution in [0.3, 0.4) is 0 Å². The van der Waals surface area contributed by atoms with Crippen molar-refractivity contribution in [2.75, 3.05) is 19.6 Å². The van der Waals surface area contributed by atoms with Crippen LogP contribution in [0.5, 0.6) is 0 Å². The first-order valence-corrected chi connectivity index (χ1v) is 11.7. The van der Waals surface area contributed by atoms with E-state index in [4.69, 9.17) is 0 Å². The van der Waals surface area contributed by atoms with Gasteiger partial charge in [0.2, 0.25) is 5.91 Å². The summed E-state index contributed by atoms with van der Waals surface area (Å²) >= 11 is 0. The molecule has 2 unspecified atom stereocenters. The van der Waals surface area contributed by atoms with Crippen LogP contribution in [0, 0.1) is 5.92 Å². The molecule has 1 N–H and O–H groups in total. The number of H-pyrrole nitrogens is 1. The monoisotopic (exact) mass is 459 g/mol. The van der Waals surface area contributed by atoms with Crippen LogP contribution in [0.4, 0.5) is 13.2 Å². The van der Waals surface area contributed by atoms with Crippen molar-refractivity contribution < 1.29 is 18.0 Å². The van der Waals surface area contributed by atoms with E-state index in [1.807, 2.05) is 17.2 Å². The Kier molecular flexibility index (Phi) is 5.76. The molecule has 0 saturated carbocycles. The van der Waals surface area contributed by atoms with E-state index in [0.717, 1.165) is 29.1 Å². The molecule has 3 aromatic rings. The lowest BCUT2D eigenvalue weighted by Crippen LogP contribution is -2.61. The number of carbonyl (C=O) groups is 1. The van der Waals surface area contributed by atoms with Gasteiger partial charge in [-0.1, -0.05) is 6.92 Å². The van der Waals surface area contributed by atoms with Crippen LogP contribution in [0.25, 0.3) is 21.9 Å². The summed E-state index contributed by atoms with van der Waals surface area (Å²) in [7, 11) is 0. The van der Waals surface area contributed by atoms with Crippen LogP contribution in [-0.2, 0) is 4.79 Å². The largest absolute Gasteiger partial charge is 0.395 e. The SMILES string of the molecule is CCC(=O)N1CCCC(C(F)(F)F)C1N1CCC(c2cc[nH]c3cnc4nccc4c23)CC1. The molecule has 0 radical (unpaired) electrons. The number of nitrogens with one attached hydrogen (secondary N) is 1. The number of fused-ring (bicyclic) bond motifs is 3. The standard InChI is InChI=1S/C24H28F3N5O/c1-2-20(33)32-11-3-4-18(24(25,26)27)23(32)31-12-7-15(8-13-31)16-5-9-28-19-14-30-22-17(21(16)19)6-10-29-22/h5-6,9-10,14-15,18,23,28H,2-4,7-8,11-13H2,1H3. The fourth-order valence-corrected chi connectivity index (χ4v) is 5.74. The molecule has 0 aliphatic carbocycles. The van der Waals surface area contributed by atoms with Crippen LogP contribution < -0.4 is 0 Å². The Balaban J connectivity index is 1.42. The molecule has 5 heterocycles. The molecule has 5 rings (SSSR count). The number of amides is 1. The molecular weight excluding hydrogens is 431 g/mol. The third kappa shape index (κ3) is 3.96. The highest BCUT2D eigenvalue weighted by Gasteiger charge is 2.51. The molecule has 6 nitrogen and oxygen atoms in total. The van der Waals surface area contributed by atoms with Crippen LogP contribution in [0.2, 0.25) is 0 Å². The smallest absolute Gasteiger partial charge is 0.360 e. The highest BCUT2D eigenvalue weighted by Crippen LogP contribution is 2.42. The van der Waals surface area contributed by atoms with Gasteiger partial charge in [0.15, 0.2) is 5.65 Å². The fourth-order valence-electron chi connectivity index (χ4n) is 5.74. The summed E-state index contributed by atoms with van der Waals surface area (Å²) in [6.45, 7) is 3.18. The van der Waals surface area contributed by atoms with Crippen molar-refractivity contribution in [2.24, 2.45) is 5.92 Å². The molecule has 2 saturated heterocycles. The van der Waals surface area contributed by atoms with Crippen molar-refractivity contribution in [1.29, 1.82) is 0 Å². The van der Waals surface area contributed by atoms with Crippen LogP contribution >= 0.6 is 0 Å². The second kappa shape index (κ2) is 8.59. The number of alkyl halides is 3. The number of piperidine rings is 2. The summed E-state index contributed by atoms with van der Waals surface area (Å²) in [4.78, 5) is 27.9. The Labute approximate surface area is 190 Å². The molecule has 0 spiro atoms. The van der Waals surface area contributed by atoms with Crippen molar-refractivity contribution in [1.82, 2.24) is 24.8 Å². The summed E-state index contributed by atoms with van der Waals surface area (Å²) < 4.78 is 41.8. The molecule has 2 aliphatic rings. The van der Waals surface area contributed by atoms with Crippen LogP contribution in [0.1, 0.15) is 50.5 Å². The Morgan fingerprint density at radius 3 is 2.67 bits per heavy atom. The number of aromatic nitrogens is 3. The minimum atomic E-state index is -4.32. The molecular formula is C24H28F3N5O. The highest BCUT2D eigenvalue weighted by atomic mass is 19.4. The lowest BCUT2D eigenvalue weighted by Gasteiger charge is -2.49. The topological polar surface area (TPSA) is 65.1 Å². The normalized spacial score (nSPS) is 23.5. The van der Waals surface area contributed by atoms with Crippen LogP contribution in [0.15, 0.2) is 30.7 Å². The highest BCUT2D eigenvalue weighted by molar-refractivity contribution is 6.05. The van der Waals surface area contributed by atoms with Crippen molar-refractivity contribution in [3.05, 3.63) is 36.3 Å². The number of carbonyl (C=O) groups excluding carboxylic acids is 1. The van der Waals surface area contributed by atoms with Gasteiger partial charge in [-0.15, -0.1) is 0 Å². The fraction of sp³-hybridized carbons (Fsp3) is 0.542. The van der Waals surface area contributed by atoms with Gasteiger partial charge in [0.1, 0.15) is 0 Å². The van der Waals surface area contributed by atoms with Crippen molar-refractivity contribution >= 4 is 27.8 Å². The summed E-state index contributed by atoms with van der Waals surface area (Å²) in [6.07, 6.45) is 2.40. The molecule has 1 amide bonds. The number of aromatic amines is 1. The summed E-state index contributed by atoms with van der Waals surface area (Å²) in [6, 6.07) is 4.03. The van der Waals surface area contributed by atoms with E-state index in [9.17, 15) is 18.0 Å². The number of halogens is 3.